The number of sulfonamides is 1. The van der Waals surface area contributed by atoms with Crippen molar-refractivity contribution in [1.82, 2.24) is 4.72 Å². The fourth-order valence-corrected chi connectivity index (χ4v) is 2.77. The van der Waals surface area contributed by atoms with E-state index in [2.05, 4.69) is 10.8 Å². The first-order valence-corrected chi connectivity index (χ1v) is 7.14. The molecule has 0 amide bonds. The van der Waals surface area contributed by atoms with Crippen LogP contribution in [0.25, 0.3) is 0 Å². The number of nitriles is 1. The Morgan fingerprint density at radius 3 is 2.47 bits per heavy atom. The topological polar surface area (TPSA) is 70.0 Å². The Kier molecular flexibility index (Phi) is 4.55. The zero-order valence-corrected chi connectivity index (χ0v) is 9.89. The second-order valence-corrected chi connectivity index (χ2v) is 6.07. The summed E-state index contributed by atoms with van der Waals surface area (Å²) in [6.45, 7) is 1.58. The Bertz CT molecular complexity index is 326. The zero-order valence-electron chi connectivity index (χ0n) is 9.07. The van der Waals surface area contributed by atoms with Gasteiger partial charge in [-0.3, -0.25) is 0 Å². The van der Waals surface area contributed by atoms with Gasteiger partial charge in [-0.15, -0.1) is 0 Å². The van der Waals surface area contributed by atoms with Crippen LogP contribution in [0.3, 0.4) is 0 Å². The lowest BCUT2D eigenvalue weighted by molar-refractivity contribution is 0.324. The van der Waals surface area contributed by atoms with E-state index in [9.17, 15) is 8.42 Å². The van der Waals surface area contributed by atoms with Crippen LogP contribution in [0.15, 0.2) is 0 Å². The van der Waals surface area contributed by atoms with Crippen LogP contribution in [0, 0.1) is 17.2 Å². The molecule has 0 aliphatic heterocycles. The normalized spacial score (nSPS) is 20.8. The molecular weight excluding hydrogens is 212 g/mol. The van der Waals surface area contributed by atoms with E-state index in [0.29, 0.717) is 0 Å². The van der Waals surface area contributed by atoms with Crippen molar-refractivity contribution >= 4 is 10.0 Å². The highest BCUT2D eigenvalue weighted by Gasteiger charge is 2.26. The molecule has 1 atom stereocenters. The van der Waals surface area contributed by atoms with Crippen molar-refractivity contribution < 1.29 is 8.42 Å². The van der Waals surface area contributed by atoms with Crippen LogP contribution < -0.4 is 4.72 Å². The number of nitrogens with zero attached hydrogens (tertiary/aromatic N) is 1. The summed E-state index contributed by atoms with van der Waals surface area (Å²) in [5, 5.41) is 8.96. The average Bonchev–Trinajstić information content (AvgIpc) is 2.27. The average molecular weight is 230 g/mol. The summed E-state index contributed by atoms with van der Waals surface area (Å²) in [5.74, 6) is 0.239. The third kappa shape index (κ3) is 3.80. The number of hydrogen-bond donors (Lipinski definition) is 1. The Hall–Kier alpha value is -0.600. The predicted molar refractivity (Wildman–Crippen MR) is 58.6 cm³/mol. The van der Waals surface area contributed by atoms with Crippen LogP contribution in [0.5, 0.6) is 0 Å². The molecule has 1 N–H and O–H groups in total. The number of nitrogens with one attached hydrogen (secondary N) is 1. The Balaban J connectivity index is 2.60. The van der Waals surface area contributed by atoms with E-state index in [4.69, 9.17) is 5.26 Å². The summed E-state index contributed by atoms with van der Waals surface area (Å²) >= 11 is 0. The third-order valence-corrected chi connectivity index (χ3v) is 4.32. The van der Waals surface area contributed by atoms with Gasteiger partial charge in [0.2, 0.25) is 10.0 Å². The zero-order chi connectivity index (χ0) is 11.3. The minimum atomic E-state index is -3.25. The van der Waals surface area contributed by atoms with Gasteiger partial charge in [-0.1, -0.05) is 19.3 Å². The quantitative estimate of drug-likeness (QED) is 0.793. The molecule has 1 aliphatic carbocycles. The Morgan fingerprint density at radius 2 is 2.00 bits per heavy atom. The first-order chi connectivity index (χ1) is 7.09. The minimum Gasteiger partial charge on any atom is -0.212 e. The fraction of sp³-hybridized carbons (Fsp3) is 0.900. The molecule has 0 aromatic heterocycles. The van der Waals surface area contributed by atoms with Gasteiger partial charge in [-0.25, -0.2) is 8.42 Å². The molecule has 5 heteroatoms. The van der Waals surface area contributed by atoms with Gasteiger partial charge in [0.1, 0.15) is 6.04 Å². The monoisotopic (exact) mass is 230 g/mol. The van der Waals surface area contributed by atoms with E-state index in [1.807, 2.05) is 0 Å². The van der Waals surface area contributed by atoms with Crippen molar-refractivity contribution in [3.05, 3.63) is 0 Å². The minimum absolute atomic E-state index is 0.0396. The van der Waals surface area contributed by atoms with E-state index in [1.165, 1.54) is 6.42 Å². The summed E-state index contributed by atoms with van der Waals surface area (Å²) in [4.78, 5) is 0. The Morgan fingerprint density at radius 1 is 1.40 bits per heavy atom. The van der Waals surface area contributed by atoms with Crippen molar-refractivity contribution in [2.45, 2.75) is 45.1 Å². The van der Waals surface area contributed by atoms with E-state index in [1.54, 1.807) is 6.92 Å². The van der Waals surface area contributed by atoms with E-state index < -0.39 is 16.1 Å². The first-order valence-electron chi connectivity index (χ1n) is 5.48. The largest absolute Gasteiger partial charge is 0.212 e. The summed E-state index contributed by atoms with van der Waals surface area (Å²) in [5.41, 5.74) is 0. The summed E-state index contributed by atoms with van der Waals surface area (Å²) in [6, 6.07) is 1.54. The van der Waals surface area contributed by atoms with Crippen LogP contribution in [0.2, 0.25) is 0 Å². The molecule has 0 heterocycles. The molecule has 0 aromatic rings. The SMILES string of the molecule is CCS(=O)(=O)NC(C#N)C1CCCCC1. The van der Waals surface area contributed by atoms with Crippen molar-refractivity contribution in [3.8, 4) is 6.07 Å². The Labute approximate surface area is 91.7 Å². The third-order valence-electron chi connectivity index (χ3n) is 2.95. The lowest BCUT2D eigenvalue weighted by Crippen LogP contribution is -2.40. The van der Waals surface area contributed by atoms with E-state index in [0.717, 1.165) is 25.7 Å². The molecule has 1 aliphatic rings. The molecular formula is C10H18N2O2S. The fourth-order valence-electron chi connectivity index (χ4n) is 1.97. The molecule has 0 spiro atoms. The molecule has 4 nitrogen and oxygen atoms in total. The summed E-state index contributed by atoms with van der Waals surface area (Å²) in [7, 11) is -3.25. The summed E-state index contributed by atoms with van der Waals surface area (Å²) in [6.07, 6.45) is 5.34. The molecule has 1 rings (SSSR count). The number of hydrogen-bond acceptors (Lipinski definition) is 3. The molecule has 0 aromatic carbocycles. The predicted octanol–water partition coefficient (Wildman–Crippen LogP) is 1.40. The maximum absolute atomic E-state index is 11.3. The molecule has 0 saturated heterocycles. The smallest absolute Gasteiger partial charge is 0.212 e. The second kappa shape index (κ2) is 5.47. The molecule has 1 unspecified atom stereocenters. The van der Waals surface area contributed by atoms with Gasteiger partial charge < -0.3 is 0 Å². The van der Waals surface area contributed by atoms with Crippen LogP contribution in [-0.2, 0) is 10.0 Å². The molecule has 0 radical (unpaired) electrons. The first kappa shape index (κ1) is 12.5. The van der Waals surface area contributed by atoms with Gasteiger partial charge >= 0.3 is 0 Å². The molecule has 0 bridgehead atoms. The highest BCUT2D eigenvalue weighted by Crippen LogP contribution is 2.26. The maximum atomic E-state index is 11.3. The van der Waals surface area contributed by atoms with Gasteiger partial charge in [-0.05, 0) is 25.7 Å². The lowest BCUT2D eigenvalue weighted by Gasteiger charge is -2.25. The summed E-state index contributed by atoms with van der Waals surface area (Å²) < 4.78 is 25.2. The van der Waals surface area contributed by atoms with Crippen LogP contribution in [0.4, 0.5) is 0 Å². The van der Waals surface area contributed by atoms with Gasteiger partial charge in [0.05, 0.1) is 11.8 Å². The van der Waals surface area contributed by atoms with E-state index >= 15 is 0 Å². The molecule has 1 fully saturated rings. The van der Waals surface area contributed by atoms with Crippen LogP contribution in [0.1, 0.15) is 39.0 Å². The van der Waals surface area contributed by atoms with Crippen molar-refractivity contribution in [2.24, 2.45) is 5.92 Å². The maximum Gasteiger partial charge on any atom is 0.212 e. The van der Waals surface area contributed by atoms with Crippen molar-refractivity contribution in [3.63, 3.8) is 0 Å². The van der Waals surface area contributed by atoms with Crippen LogP contribution >= 0.6 is 0 Å². The van der Waals surface area contributed by atoms with Crippen LogP contribution in [-0.4, -0.2) is 20.2 Å². The highest BCUT2D eigenvalue weighted by molar-refractivity contribution is 7.89. The van der Waals surface area contributed by atoms with E-state index in [-0.39, 0.29) is 11.7 Å². The van der Waals surface area contributed by atoms with Crippen molar-refractivity contribution in [2.75, 3.05) is 5.75 Å². The molecule has 1 saturated carbocycles. The standard InChI is InChI=1S/C10H18N2O2S/c1-2-15(13,14)12-10(8-11)9-6-4-3-5-7-9/h9-10,12H,2-7H2,1H3. The molecule has 15 heavy (non-hydrogen) atoms. The second-order valence-electron chi connectivity index (χ2n) is 4.03. The van der Waals surface area contributed by atoms with Crippen molar-refractivity contribution in [1.29, 1.82) is 5.26 Å². The van der Waals surface area contributed by atoms with Gasteiger partial charge in [-0.2, -0.15) is 9.98 Å². The highest BCUT2D eigenvalue weighted by atomic mass is 32.2. The molecule has 86 valence electrons. The van der Waals surface area contributed by atoms with Gasteiger partial charge in [0, 0.05) is 0 Å². The number of rotatable bonds is 4. The van der Waals surface area contributed by atoms with Gasteiger partial charge in [0.15, 0.2) is 0 Å². The van der Waals surface area contributed by atoms with Gasteiger partial charge in [0.25, 0.3) is 0 Å². The lowest BCUT2D eigenvalue weighted by atomic mass is 9.85.